The molecule has 18 heavy (non-hydrogen) atoms. The van der Waals surface area contributed by atoms with Crippen molar-refractivity contribution in [2.75, 3.05) is 24.8 Å². The Morgan fingerprint density at radius 3 is 2.50 bits per heavy atom. The molecule has 0 aliphatic carbocycles. The molecule has 0 saturated carbocycles. The van der Waals surface area contributed by atoms with Crippen molar-refractivity contribution < 1.29 is 4.74 Å². The van der Waals surface area contributed by atoms with Gasteiger partial charge >= 0.3 is 0 Å². The Labute approximate surface area is 115 Å². The monoisotopic (exact) mass is 306 g/mol. The van der Waals surface area contributed by atoms with Crippen LogP contribution in [0.3, 0.4) is 0 Å². The number of methoxy groups -OCH3 is 1. The van der Waals surface area contributed by atoms with E-state index in [0.717, 1.165) is 27.3 Å². The lowest BCUT2D eigenvalue weighted by atomic mass is 10.2. The van der Waals surface area contributed by atoms with Crippen LogP contribution in [0.15, 0.2) is 46.9 Å². The molecule has 0 amide bonds. The number of anilines is 3. The zero-order valence-corrected chi connectivity index (χ0v) is 11.9. The summed E-state index contributed by atoms with van der Waals surface area (Å²) >= 11 is 3.53. The third-order valence-electron chi connectivity index (χ3n) is 2.78. The standard InChI is InChI=1S/C14H15BrN2O/c1-17(12-8-7-10(16)9-11(12)15)13-5-3-4-6-14(13)18-2/h3-9H,16H2,1-2H3. The molecule has 2 N–H and O–H groups in total. The number of hydrogen-bond acceptors (Lipinski definition) is 3. The number of halogens is 1. The van der Waals surface area contributed by atoms with E-state index in [4.69, 9.17) is 10.5 Å². The summed E-state index contributed by atoms with van der Waals surface area (Å²) in [5.74, 6) is 0.837. The van der Waals surface area contributed by atoms with Crippen molar-refractivity contribution in [3.8, 4) is 5.75 Å². The SMILES string of the molecule is COc1ccccc1N(C)c1ccc(N)cc1Br. The van der Waals surface area contributed by atoms with Gasteiger partial charge in [-0.3, -0.25) is 0 Å². The van der Waals surface area contributed by atoms with Gasteiger partial charge in [0.1, 0.15) is 5.75 Å². The van der Waals surface area contributed by atoms with E-state index in [-0.39, 0.29) is 0 Å². The van der Waals surface area contributed by atoms with Crippen molar-refractivity contribution in [3.63, 3.8) is 0 Å². The van der Waals surface area contributed by atoms with Crippen LogP contribution in [0.1, 0.15) is 0 Å². The molecule has 3 nitrogen and oxygen atoms in total. The van der Waals surface area contributed by atoms with Crippen molar-refractivity contribution in [1.82, 2.24) is 0 Å². The van der Waals surface area contributed by atoms with Gasteiger partial charge in [0.25, 0.3) is 0 Å². The average molecular weight is 307 g/mol. The van der Waals surface area contributed by atoms with E-state index in [1.165, 1.54) is 0 Å². The highest BCUT2D eigenvalue weighted by atomic mass is 79.9. The summed E-state index contributed by atoms with van der Waals surface area (Å²) in [7, 11) is 3.67. The molecule has 94 valence electrons. The first-order chi connectivity index (χ1) is 8.63. The first-order valence-electron chi connectivity index (χ1n) is 5.55. The minimum Gasteiger partial charge on any atom is -0.495 e. The third kappa shape index (κ3) is 2.43. The summed E-state index contributed by atoms with van der Waals surface area (Å²) in [5.41, 5.74) is 8.53. The van der Waals surface area contributed by atoms with Crippen molar-refractivity contribution in [2.24, 2.45) is 0 Å². The lowest BCUT2D eigenvalue weighted by molar-refractivity contribution is 0.415. The van der Waals surface area contributed by atoms with Crippen molar-refractivity contribution >= 4 is 33.0 Å². The number of rotatable bonds is 3. The summed E-state index contributed by atoms with van der Waals surface area (Å²) in [4.78, 5) is 2.06. The van der Waals surface area contributed by atoms with Crippen LogP contribution in [0.25, 0.3) is 0 Å². The Hall–Kier alpha value is -1.68. The third-order valence-corrected chi connectivity index (χ3v) is 3.41. The molecular weight excluding hydrogens is 292 g/mol. The van der Waals surface area contributed by atoms with Crippen LogP contribution >= 0.6 is 15.9 Å². The number of benzene rings is 2. The second-order valence-corrected chi connectivity index (χ2v) is 4.80. The van der Waals surface area contributed by atoms with E-state index in [1.54, 1.807) is 7.11 Å². The second-order valence-electron chi connectivity index (χ2n) is 3.94. The van der Waals surface area contributed by atoms with Gasteiger partial charge in [0.05, 0.1) is 18.5 Å². The van der Waals surface area contributed by atoms with E-state index < -0.39 is 0 Å². The molecule has 0 aliphatic rings. The van der Waals surface area contributed by atoms with Crippen LogP contribution in [0.4, 0.5) is 17.1 Å². The molecule has 0 atom stereocenters. The van der Waals surface area contributed by atoms with Crippen LogP contribution in [0, 0.1) is 0 Å². The predicted molar refractivity (Wildman–Crippen MR) is 79.6 cm³/mol. The van der Waals surface area contributed by atoms with Gasteiger partial charge in [-0.05, 0) is 46.3 Å². The topological polar surface area (TPSA) is 38.5 Å². The maximum atomic E-state index is 5.75. The summed E-state index contributed by atoms with van der Waals surface area (Å²) in [6.07, 6.45) is 0. The highest BCUT2D eigenvalue weighted by Crippen LogP contribution is 2.36. The molecule has 2 aromatic rings. The Balaban J connectivity index is 2.44. The molecule has 0 saturated heterocycles. The molecule has 0 unspecified atom stereocenters. The van der Waals surface area contributed by atoms with E-state index in [2.05, 4.69) is 20.8 Å². The lowest BCUT2D eigenvalue weighted by Gasteiger charge is -2.23. The molecule has 0 aromatic heterocycles. The van der Waals surface area contributed by atoms with E-state index >= 15 is 0 Å². The fraction of sp³-hybridized carbons (Fsp3) is 0.143. The Kier molecular flexibility index (Phi) is 3.77. The molecule has 2 aromatic carbocycles. The first-order valence-corrected chi connectivity index (χ1v) is 6.34. The molecule has 0 bridgehead atoms. The fourth-order valence-corrected chi connectivity index (χ4v) is 2.49. The van der Waals surface area contributed by atoms with Crippen molar-refractivity contribution in [1.29, 1.82) is 0 Å². The van der Waals surface area contributed by atoms with Crippen LogP contribution in [-0.4, -0.2) is 14.2 Å². The molecule has 0 aliphatic heterocycles. The minimum absolute atomic E-state index is 0.735. The minimum atomic E-state index is 0.735. The van der Waals surface area contributed by atoms with Crippen LogP contribution in [-0.2, 0) is 0 Å². The molecule has 0 heterocycles. The molecule has 0 fully saturated rings. The largest absolute Gasteiger partial charge is 0.495 e. The van der Waals surface area contributed by atoms with Crippen LogP contribution in [0.5, 0.6) is 5.75 Å². The first kappa shape index (κ1) is 12.8. The van der Waals surface area contributed by atoms with Gasteiger partial charge in [0, 0.05) is 17.2 Å². The number of nitrogens with two attached hydrogens (primary N) is 1. The number of nitrogen functional groups attached to an aromatic ring is 1. The predicted octanol–water partition coefficient (Wildman–Crippen LogP) is 3.81. The van der Waals surface area contributed by atoms with Gasteiger partial charge in [-0.25, -0.2) is 0 Å². The van der Waals surface area contributed by atoms with Crippen molar-refractivity contribution in [3.05, 3.63) is 46.9 Å². The summed E-state index contributed by atoms with van der Waals surface area (Å²) in [6, 6.07) is 13.6. The van der Waals surface area contributed by atoms with Gasteiger partial charge < -0.3 is 15.4 Å². The molecule has 0 spiro atoms. The highest BCUT2D eigenvalue weighted by molar-refractivity contribution is 9.10. The number of hydrogen-bond donors (Lipinski definition) is 1. The Bertz CT molecular complexity index is 557. The van der Waals surface area contributed by atoms with Gasteiger partial charge in [-0.1, -0.05) is 12.1 Å². The maximum Gasteiger partial charge on any atom is 0.142 e. The molecule has 2 rings (SSSR count). The summed E-state index contributed by atoms with van der Waals surface area (Å²) in [5, 5.41) is 0. The molecular formula is C14H15BrN2O. The summed E-state index contributed by atoms with van der Waals surface area (Å²) in [6.45, 7) is 0. The van der Waals surface area contributed by atoms with E-state index in [9.17, 15) is 0 Å². The van der Waals surface area contributed by atoms with Crippen molar-refractivity contribution in [2.45, 2.75) is 0 Å². The maximum absolute atomic E-state index is 5.75. The lowest BCUT2D eigenvalue weighted by Crippen LogP contribution is -2.11. The number of nitrogens with zero attached hydrogens (tertiary/aromatic N) is 1. The van der Waals surface area contributed by atoms with E-state index in [1.807, 2.05) is 49.5 Å². The Morgan fingerprint density at radius 1 is 1.11 bits per heavy atom. The smallest absolute Gasteiger partial charge is 0.142 e. The van der Waals surface area contributed by atoms with Gasteiger partial charge in [-0.2, -0.15) is 0 Å². The number of para-hydroxylation sites is 2. The average Bonchev–Trinajstić information content (AvgIpc) is 2.38. The quantitative estimate of drug-likeness (QED) is 0.876. The molecule has 4 heteroatoms. The molecule has 0 radical (unpaired) electrons. The number of ether oxygens (including phenoxy) is 1. The fourth-order valence-electron chi connectivity index (χ4n) is 1.83. The normalized spacial score (nSPS) is 10.2. The van der Waals surface area contributed by atoms with Gasteiger partial charge in [0.15, 0.2) is 0 Å². The van der Waals surface area contributed by atoms with Crippen LogP contribution in [0.2, 0.25) is 0 Å². The van der Waals surface area contributed by atoms with Gasteiger partial charge in [0.2, 0.25) is 0 Å². The zero-order chi connectivity index (χ0) is 13.1. The summed E-state index contributed by atoms with van der Waals surface area (Å²) < 4.78 is 6.32. The Morgan fingerprint density at radius 2 is 1.83 bits per heavy atom. The van der Waals surface area contributed by atoms with Crippen LogP contribution < -0.4 is 15.4 Å². The highest BCUT2D eigenvalue weighted by Gasteiger charge is 2.11. The second kappa shape index (κ2) is 5.31. The zero-order valence-electron chi connectivity index (χ0n) is 10.4. The van der Waals surface area contributed by atoms with Gasteiger partial charge in [-0.15, -0.1) is 0 Å². The van der Waals surface area contributed by atoms with E-state index in [0.29, 0.717) is 0 Å².